The quantitative estimate of drug-likeness (QED) is 0.267. The SMILES string of the molecule is Cc1ccc(Cn2c(SCc3c(Cl)cccc3Cl)nc3ccccc3c2=O)cc1. The van der Waals surface area contributed by atoms with Gasteiger partial charge in [-0.3, -0.25) is 9.36 Å². The smallest absolute Gasteiger partial charge is 0.262 e. The summed E-state index contributed by atoms with van der Waals surface area (Å²) in [6.07, 6.45) is 0. The number of benzene rings is 3. The van der Waals surface area contributed by atoms with E-state index in [2.05, 4.69) is 0 Å². The van der Waals surface area contributed by atoms with Gasteiger partial charge in [0.2, 0.25) is 0 Å². The van der Waals surface area contributed by atoms with E-state index < -0.39 is 0 Å². The van der Waals surface area contributed by atoms with Gasteiger partial charge < -0.3 is 0 Å². The normalized spacial score (nSPS) is 11.1. The summed E-state index contributed by atoms with van der Waals surface area (Å²) in [5.74, 6) is 0.525. The minimum atomic E-state index is -0.0519. The van der Waals surface area contributed by atoms with Crippen LogP contribution in [0.25, 0.3) is 10.9 Å². The molecule has 1 heterocycles. The second-order valence-electron chi connectivity index (χ2n) is 6.78. The predicted molar refractivity (Wildman–Crippen MR) is 122 cm³/mol. The first-order valence-electron chi connectivity index (χ1n) is 9.14. The van der Waals surface area contributed by atoms with Crippen LogP contribution in [-0.4, -0.2) is 9.55 Å². The van der Waals surface area contributed by atoms with Crippen LogP contribution in [0.1, 0.15) is 16.7 Å². The first-order valence-corrected chi connectivity index (χ1v) is 10.9. The average Bonchev–Trinajstić information content (AvgIpc) is 2.72. The van der Waals surface area contributed by atoms with Crippen molar-refractivity contribution in [3.8, 4) is 0 Å². The zero-order valence-electron chi connectivity index (χ0n) is 15.7. The Hall–Kier alpha value is -2.27. The molecule has 0 aliphatic rings. The molecule has 0 unspecified atom stereocenters. The second-order valence-corrected chi connectivity index (χ2v) is 8.53. The number of para-hydroxylation sites is 1. The Labute approximate surface area is 183 Å². The van der Waals surface area contributed by atoms with Gasteiger partial charge in [0.15, 0.2) is 5.16 Å². The summed E-state index contributed by atoms with van der Waals surface area (Å²) < 4.78 is 1.72. The molecule has 0 aliphatic carbocycles. The Morgan fingerprint density at radius 1 is 0.931 bits per heavy atom. The molecule has 0 amide bonds. The molecule has 0 saturated carbocycles. The Morgan fingerprint density at radius 2 is 1.62 bits per heavy atom. The number of thioether (sulfide) groups is 1. The van der Waals surface area contributed by atoms with Gasteiger partial charge >= 0.3 is 0 Å². The number of hydrogen-bond acceptors (Lipinski definition) is 3. The largest absolute Gasteiger partial charge is 0.283 e. The summed E-state index contributed by atoms with van der Waals surface area (Å²) in [6.45, 7) is 2.50. The highest BCUT2D eigenvalue weighted by Gasteiger charge is 2.14. The molecule has 0 fully saturated rings. The lowest BCUT2D eigenvalue weighted by atomic mass is 10.1. The van der Waals surface area contributed by atoms with Gasteiger partial charge in [0.05, 0.1) is 17.4 Å². The second kappa shape index (κ2) is 8.62. The Bertz CT molecular complexity index is 1220. The van der Waals surface area contributed by atoms with Crippen molar-refractivity contribution in [1.29, 1.82) is 0 Å². The van der Waals surface area contributed by atoms with Crippen molar-refractivity contribution in [2.24, 2.45) is 0 Å². The fourth-order valence-electron chi connectivity index (χ4n) is 3.08. The monoisotopic (exact) mass is 440 g/mol. The number of nitrogens with zero attached hydrogens (tertiary/aromatic N) is 2. The summed E-state index contributed by atoms with van der Waals surface area (Å²) in [6, 6.07) is 21.0. The molecule has 0 radical (unpaired) electrons. The Kier molecular flexibility index (Phi) is 5.95. The topological polar surface area (TPSA) is 34.9 Å². The highest BCUT2D eigenvalue weighted by molar-refractivity contribution is 7.98. The lowest BCUT2D eigenvalue weighted by Gasteiger charge is -2.14. The van der Waals surface area contributed by atoms with E-state index in [1.165, 1.54) is 17.3 Å². The molecule has 29 heavy (non-hydrogen) atoms. The van der Waals surface area contributed by atoms with Crippen LogP contribution in [0.3, 0.4) is 0 Å². The van der Waals surface area contributed by atoms with Gasteiger partial charge in [-0.25, -0.2) is 4.98 Å². The van der Waals surface area contributed by atoms with E-state index >= 15 is 0 Å². The molecule has 0 bridgehead atoms. The molecule has 6 heteroatoms. The number of aryl methyl sites for hydroxylation is 1. The van der Waals surface area contributed by atoms with Crippen molar-refractivity contribution < 1.29 is 0 Å². The van der Waals surface area contributed by atoms with Crippen molar-refractivity contribution in [2.75, 3.05) is 0 Å². The predicted octanol–water partition coefficient (Wildman–Crippen LogP) is 6.35. The van der Waals surface area contributed by atoms with Gasteiger partial charge in [-0.15, -0.1) is 0 Å². The molecule has 1 aromatic heterocycles. The number of rotatable bonds is 5. The number of aromatic nitrogens is 2. The van der Waals surface area contributed by atoms with Crippen molar-refractivity contribution >= 4 is 45.9 Å². The van der Waals surface area contributed by atoms with E-state index in [9.17, 15) is 4.79 Å². The van der Waals surface area contributed by atoms with Crippen LogP contribution in [0.15, 0.2) is 76.7 Å². The lowest BCUT2D eigenvalue weighted by Crippen LogP contribution is -2.24. The molecule has 0 aliphatic heterocycles. The van der Waals surface area contributed by atoms with E-state index in [1.54, 1.807) is 4.57 Å². The first-order chi connectivity index (χ1) is 14.0. The highest BCUT2D eigenvalue weighted by Crippen LogP contribution is 2.31. The number of halogens is 2. The van der Waals surface area contributed by atoms with Gasteiger partial charge in [0.1, 0.15) is 0 Å². The van der Waals surface area contributed by atoms with Crippen LogP contribution in [0.2, 0.25) is 10.0 Å². The maximum Gasteiger partial charge on any atom is 0.262 e. The van der Waals surface area contributed by atoms with Gasteiger partial charge in [0.25, 0.3) is 5.56 Å². The van der Waals surface area contributed by atoms with E-state index in [4.69, 9.17) is 28.2 Å². The van der Waals surface area contributed by atoms with Crippen molar-refractivity contribution in [2.45, 2.75) is 24.4 Å². The van der Waals surface area contributed by atoms with Crippen LogP contribution in [0.4, 0.5) is 0 Å². The van der Waals surface area contributed by atoms with Gasteiger partial charge in [0, 0.05) is 15.8 Å². The molecule has 3 nitrogen and oxygen atoms in total. The molecule has 0 N–H and O–H groups in total. The van der Waals surface area contributed by atoms with Crippen molar-refractivity contribution in [1.82, 2.24) is 9.55 Å². The molecule has 4 rings (SSSR count). The maximum atomic E-state index is 13.2. The van der Waals surface area contributed by atoms with Crippen LogP contribution in [0.5, 0.6) is 0 Å². The summed E-state index contributed by atoms with van der Waals surface area (Å²) >= 11 is 14.1. The molecule has 146 valence electrons. The fourth-order valence-corrected chi connectivity index (χ4v) is 4.82. The molecule has 0 saturated heterocycles. The Morgan fingerprint density at radius 3 is 2.34 bits per heavy atom. The minimum absolute atomic E-state index is 0.0519. The van der Waals surface area contributed by atoms with Gasteiger partial charge in [-0.05, 0) is 42.3 Å². The third-order valence-corrected chi connectivity index (χ3v) is 6.41. The summed E-state index contributed by atoms with van der Waals surface area (Å²) in [4.78, 5) is 18.0. The molecular weight excluding hydrogens is 423 g/mol. The van der Waals surface area contributed by atoms with Gasteiger partial charge in [-0.2, -0.15) is 0 Å². The first kappa shape index (κ1) is 20.0. The minimum Gasteiger partial charge on any atom is -0.283 e. The molecule has 3 aromatic carbocycles. The Balaban J connectivity index is 1.76. The summed E-state index contributed by atoms with van der Waals surface area (Å²) in [5.41, 5.74) is 3.70. The molecule has 0 spiro atoms. The molecular formula is C23H18Cl2N2OS. The van der Waals surface area contributed by atoms with Crippen LogP contribution in [-0.2, 0) is 12.3 Å². The third-order valence-electron chi connectivity index (χ3n) is 4.70. The summed E-state index contributed by atoms with van der Waals surface area (Å²) in [7, 11) is 0. The maximum absolute atomic E-state index is 13.2. The highest BCUT2D eigenvalue weighted by atomic mass is 35.5. The molecule has 4 aromatic rings. The third kappa shape index (κ3) is 4.35. The van der Waals surface area contributed by atoms with E-state index in [-0.39, 0.29) is 5.56 Å². The number of fused-ring (bicyclic) bond motifs is 1. The van der Waals surface area contributed by atoms with Crippen molar-refractivity contribution in [3.63, 3.8) is 0 Å². The van der Waals surface area contributed by atoms with E-state index in [0.717, 1.165) is 11.1 Å². The van der Waals surface area contributed by atoms with E-state index in [1.807, 2.05) is 73.7 Å². The summed E-state index contributed by atoms with van der Waals surface area (Å²) in [5, 5.41) is 2.47. The van der Waals surface area contributed by atoms with E-state index in [0.29, 0.717) is 38.4 Å². The van der Waals surface area contributed by atoms with Crippen molar-refractivity contribution in [3.05, 3.63) is 104 Å². The zero-order chi connectivity index (χ0) is 20.4. The molecule has 0 atom stereocenters. The van der Waals surface area contributed by atoms with Crippen LogP contribution in [0, 0.1) is 6.92 Å². The fraction of sp³-hybridized carbons (Fsp3) is 0.130. The lowest BCUT2D eigenvalue weighted by molar-refractivity contribution is 0.658. The van der Waals surface area contributed by atoms with Gasteiger partial charge in [-0.1, -0.05) is 83.0 Å². The average molecular weight is 441 g/mol. The van der Waals surface area contributed by atoms with Crippen LogP contribution < -0.4 is 5.56 Å². The van der Waals surface area contributed by atoms with Crippen LogP contribution >= 0.6 is 35.0 Å². The number of hydrogen-bond donors (Lipinski definition) is 0. The standard InChI is InChI=1S/C23H18Cl2N2OS/c1-15-9-11-16(12-10-15)13-27-22(28)17-5-2-3-8-21(17)26-23(27)29-14-18-19(24)6-4-7-20(18)25/h2-12H,13-14H2,1H3. The zero-order valence-corrected chi connectivity index (χ0v) is 18.1.